The van der Waals surface area contributed by atoms with Crippen molar-refractivity contribution >= 4 is 22.4 Å². The molecule has 24 heavy (non-hydrogen) atoms. The Labute approximate surface area is 145 Å². The Morgan fingerprint density at radius 1 is 1.29 bits per heavy atom. The average molecular weight is 342 g/mol. The van der Waals surface area contributed by atoms with Gasteiger partial charge in [-0.2, -0.15) is 0 Å². The molecule has 1 aromatic carbocycles. The van der Waals surface area contributed by atoms with Crippen molar-refractivity contribution in [1.29, 1.82) is 0 Å². The van der Waals surface area contributed by atoms with Crippen molar-refractivity contribution in [3.63, 3.8) is 0 Å². The van der Waals surface area contributed by atoms with Gasteiger partial charge in [0.1, 0.15) is 5.01 Å². The molecule has 126 valence electrons. The summed E-state index contributed by atoms with van der Waals surface area (Å²) in [6.45, 7) is 4.14. The summed E-state index contributed by atoms with van der Waals surface area (Å²) in [7, 11) is 0. The van der Waals surface area contributed by atoms with Gasteiger partial charge in [-0.3, -0.25) is 4.79 Å². The third kappa shape index (κ3) is 3.21. The van der Waals surface area contributed by atoms with Gasteiger partial charge >= 0.3 is 0 Å². The van der Waals surface area contributed by atoms with Crippen LogP contribution < -0.4 is 10.6 Å². The van der Waals surface area contributed by atoms with Gasteiger partial charge < -0.3 is 10.6 Å². The van der Waals surface area contributed by atoms with Gasteiger partial charge in [0.25, 0.3) is 0 Å². The number of amides is 1. The zero-order valence-electron chi connectivity index (χ0n) is 13.8. The molecule has 1 aliphatic carbocycles. The van der Waals surface area contributed by atoms with E-state index in [9.17, 15) is 4.79 Å². The van der Waals surface area contributed by atoms with E-state index in [4.69, 9.17) is 0 Å². The second kappa shape index (κ2) is 6.26. The number of hydrogen-bond acceptors (Lipinski definition) is 5. The van der Waals surface area contributed by atoms with E-state index in [1.807, 2.05) is 0 Å². The minimum atomic E-state index is 0.120. The van der Waals surface area contributed by atoms with Crippen LogP contribution in [0, 0.1) is 18.3 Å². The van der Waals surface area contributed by atoms with Gasteiger partial charge in [-0.15, -0.1) is 10.2 Å². The molecule has 2 fully saturated rings. The maximum Gasteiger partial charge on any atom is 0.229 e. The minimum Gasteiger partial charge on any atom is -0.317 e. The summed E-state index contributed by atoms with van der Waals surface area (Å²) in [6.07, 6.45) is 4.00. The molecule has 1 saturated heterocycles. The van der Waals surface area contributed by atoms with Crippen LogP contribution in [-0.4, -0.2) is 29.2 Å². The van der Waals surface area contributed by atoms with E-state index in [1.165, 1.54) is 22.5 Å². The first-order valence-corrected chi connectivity index (χ1v) is 9.36. The SMILES string of the molecule is Cc1ccc(Cc2nnc(NC(=O)C3CC34CCNCC4)s2)cc1. The highest BCUT2D eigenvalue weighted by atomic mass is 32.1. The van der Waals surface area contributed by atoms with Crippen LogP contribution >= 0.6 is 11.3 Å². The first-order valence-electron chi connectivity index (χ1n) is 8.54. The third-order valence-corrected chi connectivity index (χ3v) is 6.12. The van der Waals surface area contributed by atoms with Crippen molar-refractivity contribution in [2.75, 3.05) is 18.4 Å². The Bertz CT molecular complexity index is 734. The fourth-order valence-corrected chi connectivity index (χ4v) is 4.42. The predicted molar refractivity (Wildman–Crippen MR) is 95.2 cm³/mol. The number of anilines is 1. The fourth-order valence-electron chi connectivity index (χ4n) is 3.64. The Morgan fingerprint density at radius 3 is 2.79 bits per heavy atom. The Balaban J connectivity index is 1.35. The van der Waals surface area contributed by atoms with Gasteiger partial charge in [0.15, 0.2) is 0 Å². The lowest BCUT2D eigenvalue weighted by atomic mass is 9.92. The van der Waals surface area contributed by atoms with Gasteiger partial charge in [0.05, 0.1) is 0 Å². The fraction of sp³-hybridized carbons (Fsp3) is 0.500. The van der Waals surface area contributed by atoms with Crippen LogP contribution in [0.3, 0.4) is 0 Å². The first-order chi connectivity index (χ1) is 11.6. The van der Waals surface area contributed by atoms with Crippen molar-refractivity contribution in [2.24, 2.45) is 11.3 Å². The summed E-state index contributed by atoms with van der Waals surface area (Å²) >= 11 is 1.47. The topological polar surface area (TPSA) is 66.9 Å². The number of piperidine rings is 1. The number of carbonyl (C=O) groups is 1. The highest BCUT2D eigenvalue weighted by Gasteiger charge is 2.57. The summed E-state index contributed by atoms with van der Waals surface area (Å²) in [5.41, 5.74) is 2.72. The molecule has 1 saturated carbocycles. The van der Waals surface area contributed by atoms with E-state index in [2.05, 4.69) is 52.0 Å². The second-order valence-corrected chi connectivity index (χ2v) is 8.08. The van der Waals surface area contributed by atoms with E-state index in [-0.39, 0.29) is 17.2 Å². The van der Waals surface area contributed by atoms with Crippen LogP contribution in [0.5, 0.6) is 0 Å². The second-order valence-electron chi connectivity index (χ2n) is 7.02. The molecule has 1 unspecified atom stereocenters. The molecule has 2 aliphatic rings. The normalized spacial score (nSPS) is 21.6. The monoisotopic (exact) mass is 342 g/mol. The van der Waals surface area contributed by atoms with Crippen molar-refractivity contribution in [2.45, 2.75) is 32.6 Å². The van der Waals surface area contributed by atoms with Crippen molar-refractivity contribution in [3.05, 3.63) is 40.4 Å². The molecule has 1 spiro atoms. The molecule has 6 heteroatoms. The summed E-state index contributed by atoms with van der Waals surface area (Å²) < 4.78 is 0. The van der Waals surface area contributed by atoms with Crippen LogP contribution in [0.15, 0.2) is 24.3 Å². The molecule has 1 atom stereocenters. The van der Waals surface area contributed by atoms with E-state index in [0.717, 1.165) is 43.8 Å². The molecule has 0 radical (unpaired) electrons. The quantitative estimate of drug-likeness (QED) is 0.897. The van der Waals surface area contributed by atoms with Crippen molar-refractivity contribution in [3.8, 4) is 0 Å². The van der Waals surface area contributed by atoms with Crippen molar-refractivity contribution in [1.82, 2.24) is 15.5 Å². The summed E-state index contributed by atoms with van der Waals surface area (Å²) in [5, 5.41) is 16.3. The third-order valence-electron chi connectivity index (χ3n) is 5.28. The molecule has 2 heterocycles. The lowest BCUT2D eigenvalue weighted by Crippen LogP contribution is -2.31. The summed E-state index contributed by atoms with van der Waals surface area (Å²) in [6, 6.07) is 8.43. The molecule has 1 aromatic heterocycles. The maximum atomic E-state index is 12.5. The van der Waals surface area contributed by atoms with Crippen LogP contribution in [-0.2, 0) is 11.2 Å². The molecule has 1 amide bonds. The van der Waals surface area contributed by atoms with Crippen LogP contribution in [0.1, 0.15) is 35.4 Å². The molecule has 2 aromatic rings. The van der Waals surface area contributed by atoms with Crippen molar-refractivity contribution < 1.29 is 4.79 Å². The lowest BCUT2D eigenvalue weighted by molar-refractivity contribution is -0.118. The molecule has 4 rings (SSSR count). The Morgan fingerprint density at radius 2 is 2.04 bits per heavy atom. The molecule has 2 N–H and O–H groups in total. The Kier molecular flexibility index (Phi) is 4.10. The van der Waals surface area contributed by atoms with Gasteiger partial charge in [-0.25, -0.2) is 0 Å². The number of benzene rings is 1. The number of nitrogens with one attached hydrogen (secondary N) is 2. The van der Waals surface area contributed by atoms with E-state index >= 15 is 0 Å². The summed E-state index contributed by atoms with van der Waals surface area (Å²) in [5.74, 6) is 0.277. The summed E-state index contributed by atoms with van der Waals surface area (Å²) in [4.78, 5) is 12.5. The zero-order chi connectivity index (χ0) is 16.6. The molecule has 1 aliphatic heterocycles. The maximum absolute atomic E-state index is 12.5. The average Bonchev–Trinajstić information content (AvgIpc) is 3.09. The van der Waals surface area contributed by atoms with Crippen LogP contribution in [0.2, 0.25) is 0 Å². The highest BCUT2D eigenvalue weighted by Crippen LogP contribution is 2.58. The standard InChI is InChI=1S/C18H22N4OS/c1-12-2-4-13(5-3-12)10-15-21-22-17(24-15)20-16(23)14-11-18(14)6-8-19-9-7-18/h2-5,14,19H,6-11H2,1H3,(H,20,22,23). The van der Waals surface area contributed by atoms with Gasteiger partial charge in [0, 0.05) is 12.3 Å². The van der Waals surface area contributed by atoms with Gasteiger partial charge in [0.2, 0.25) is 11.0 Å². The smallest absolute Gasteiger partial charge is 0.229 e. The number of rotatable bonds is 4. The molecule has 0 bridgehead atoms. The van der Waals surface area contributed by atoms with Crippen LogP contribution in [0.4, 0.5) is 5.13 Å². The number of aryl methyl sites for hydroxylation is 1. The largest absolute Gasteiger partial charge is 0.317 e. The predicted octanol–water partition coefficient (Wildman–Crippen LogP) is 2.77. The zero-order valence-corrected chi connectivity index (χ0v) is 14.7. The van der Waals surface area contributed by atoms with E-state index in [0.29, 0.717) is 5.13 Å². The van der Waals surface area contributed by atoms with Gasteiger partial charge in [-0.05, 0) is 50.3 Å². The number of hydrogen-bond donors (Lipinski definition) is 2. The molecule has 5 nitrogen and oxygen atoms in total. The number of aromatic nitrogens is 2. The minimum absolute atomic E-state index is 0.120. The first kappa shape index (κ1) is 15.7. The van der Waals surface area contributed by atoms with Gasteiger partial charge in [-0.1, -0.05) is 41.2 Å². The molecular weight excluding hydrogens is 320 g/mol. The molecular formula is C18H22N4OS. The van der Waals surface area contributed by atoms with Crippen LogP contribution in [0.25, 0.3) is 0 Å². The number of nitrogens with zero attached hydrogens (tertiary/aromatic N) is 2. The van der Waals surface area contributed by atoms with E-state index < -0.39 is 0 Å². The number of carbonyl (C=O) groups excluding carboxylic acids is 1. The lowest BCUT2D eigenvalue weighted by Gasteiger charge is -2.22. The Hall–Kier alpha value is -1.79. The highest BCUT2D eigenvalue weighted by molar-refractivity contribution is 7.15. The van der Waals surface area contributed by atoms with E-state index in [1.54, 1.807) is 0 Å².